The van der Waals surface area contributed by atoms with Crippen LogP contribution in [0.15, 0.2) is 48.1 Å². The van der Waals surface area contributed by atoms with Crippen LogP contribution in [0.4, 0.5) is 0 Å². The van der Waals surface area contributed by atoms with E-state index in [9.17, 15) is 9.90 Å². The van der Waals surface area contributed by atoms with Crippen LogP contribution < -0.4 is 0 Å². The molecule has 8 nitrogen and oxygen atoms in total. The molecule has 1 fully saturated rings. The van der Waals surface area contributed by atoms with Gasteiger partial charge in [-0.3, -0.25) is 0 Å². The molecule has 0 amide bonds. The first-order chi connectivity index (χ1) is 24.0. The monoisotopic (exact) mass is 758 g/mol. The van der Waals surface area contributed by atoms with Crippen molar-refractivity contribution < 1.29 is 38.1 Å². The van der Waals surface area contributed by atoms with Crippen molar-refractivity contribution in [1.29, 1.82) is 0 Å². The molecule has 0 aliphatic carbocycles. The van der Waals surface area contributed by atoms with E-state index in [1.165, 1.54) is 5.57 Å². The molecule has 3 heterocycles. The highest BCUT2D eigenvalue weighted by Gasteiger charge is 2.49. The Morgan fingerprint density at radius 3 is 2.33 bits per heavy atom. The van der Waals surface area contributed by atoms with Gasteiger partial charge in [0, 0.05) is 18.8 Å². The molecule has 0 aromatic heterocycles. The average molecular weight is 759 g/mol. The molecule has 9 atom stereocenters. The molecule has 0 saturated carbocycles. The van der Waals surface area contributed by atoms with Gasteiger partial charge in [-0.05, 0) is 81.2 Å². The lowest BCUT2D eigenvalue weighted by Gasteiger charge is -2.46. The first-order valence-electron chi connectivity index (χ1n) is 19.3. The van der Waals surface area contributed by atoms with Crippen molar-refractivity contribution in [3.63, 3.8) is 0 Å². The Kier molecular flexibility index (Phi) is 16.0. The topological polar surface area (TPSA) is 104 Å². The van der Waals surface area contributed by atoms with Crippen molar-refractivity contribution in [2.75, 3.05) is 6.61 Å². The highest BCUT2D eigenvalue weighted by molar-refractivity contribution is 6.74. The van der Waals surface area contributed by atoms with Gasteiger partial charge in [-0.25, -0.2) is 4.79 Å². The third-order valence-corrected chi connectivity index (χ3v) is 20.6. The van der Waals surface area contributed by atoms with E-state index in [0.29, 0.717) is 31.8 Å². The third kappa shape index (κ3) is 13.5. The predicted molar refractivity (Wildman–Crippen MR) is 215 cm³/mol. The first kappa shape index (κ1) is 44.6. The molecule has 0 bridgehead atoms. The fraction of sp³-hybridized carbons (Fsp3) is 0.738. The van der Waals surface area contributed by atoms with Crippen LogP contribution in [0.5, 0.6) is 0 Å². The van der Waals surface area contributed by atoms with Gasteiger partial charge in [0.2, 0.25) is 0 Å². The van der Waals surface area contributed by atoms with Crippen LogP contribution in [-0.2, 0) is 27.9 Å². The zero-order chi connectivity index (χ0) is 39.1. The lowest BCUT2D eigenvalue weighted by atomic mass is 9.90. The van der Waals surface area contributed by atoms with Gasteiger partial charge in [0.1, 0.15) is 6.10 Å². The van der Waals surface area contributed by atoms with E-state index in [1.807, 2.05) is 18.2 Å². The van der Waals surface area contributed by atoms with Gasteiger partial charge in [-0.1, -0.05) is 102 Å². The van der Waals surface area contributed by atoms with Gasteiger partial charge in [0.25, 0.3) is 0 Å². The molecule has 3 rings (SSSR count). The fourth-order valence-electron chi connectivity index (χ4n) is 6.54. The minimum Gasteiger partial charge on any atom is -0.472 e. The number of rotatable bonds is 15. The van der Waals surface area contributed by atoms with Gasteiger partial charge in [-0.2, -0.15) is 0 Å². The van der Waals surface area contributed by atoms with E-state index in [0.717, 1.165) is 31.3 Å². The Morgan fingerprint density at radius 1 is 1.06 bits per heavy atom. The number of carbonyl (C=O) groups is 1. The number of carboxylic acids is 1. The van der Waals surface area contributed by atoms with Crippen molar-refractivity contribution in [3.8, 4) is 11.8 Å². The molecular formula is C42H70O8Si2. The standard InChI is InChI=1S/C42H70O8Si2/c1-29-22-23-46-33(25-29)20-21-36-35(43)28-37(48-36)40(50-52(12,13)42(7,8)9)38(49-51(10,11)41(4,5)6)27-31(3)24-30(2)26-34-18-14-16-32(47-34)17-15-19-39(44)45/h14,16,20-22,30,32-38,40,43H,3,17-18,23-28H2,1-2,4-13H3,(H,44,45)/b21-20+/t30-,32-,33+,34-,35-,36-,37+,38-,40+/m0/s1. The smallest absolute Gasteiger partial charge is 0.381 e. The second-order valence-corrected chi connectivity index (χ2v) is 28.0. The zero-order valence-corrected chi connectivity index (χ0v) is 36.3. The van der Waals surface area contributed by atoms with Crippen LogP contribution in [0.1, 0.15) is 100 Å². The number of carboxylic acid groups (broad SMARTS) is 1. The predicted octanol–water partition coefficient (Wildman–Crippen LogP) is 9.13. The van der Waals surface area contributed by atoms with Crippen molar-refractivity contribution in [1.82, 2.24) is 0 Å². The summed E-state index contributed by atoms with van der Waals surface area (Å²) in [7, 11) is -4.60. The number of ether oxygens (including phenoxy) is 3. The number of aliphatic hydroxyl groups is 1. The highest BCUT2D eigenvalue weighted by atomic mass is 28.4. The quantitative estimate of drug-likeness (QED) is 0.0969. The number of hydrogen-bond acceptors (Lipinski definition) is 7. The summed E-state index contributed by atoms with van der Waals surface area (Å²) >= 11 is 0. The molecule has 1 saturated heterocycles. The maximum absolute atomic E-state index is 11.4. The van der Waals surface area contributed by atoms with Gasteiger partial charge in [-0.15, -0.1) is 0 Å². The summed E-state index contributed by atoms with van der Waals surface area (Å²) in [6, 6.07) is 0. The number of aliphatic carboxylic acids is 1. The third-order valence-electron chi connectivity index (χ3n) is 11.6. The van der Waals surface area contributed by atoms with E-state index in [-0.39, 0.29) is 46.7 Å². The summed E-state index contributed by atoms with van der Waals surface area (Å²) in [5.74, 6) is 4.07. The van der Waals surface area contributed by atoms with Gasteiger partial charge in [0.05, 0.1) is 49.3 Å². The lowest BCUT2D eigenvalue weighted by molar-refractivity contribution is -0.130. The maximum Gasteiger partial charge on any atom is 0.381 e. The maximum atomic E-state index is 11.4. The first-order valence-corrected chi connectivity index (χ1v) is 25.1. The Morgan fingerprint density at radius 2 is 1.71 bits per heavy atom. The number of hydrogen-bond donors (Lipinski definition) is 2. The van der Waals surface area contributed by atoms with Crippen molar-refractivity contribution in [2.45, 2.75) is 185 Å². The Labute approximate surface area is 317 Å². The lowest BCUT2D eigenvalue weighted by Crippen LogP contribution is -2.55. The largest absolute Gasteiger partial charge is 0.472 e. The van der Waals surface area contributed by atoms with Crippen LogP contribution in [0.2, 0.25) is 36.3 Å². The molecular weight excluding hydrogens is 689 g/mol. The molecule has 3 aliphatic heterocycles. The van der Waals surface area contributed by atoms with Crippen LogP contribution in [0.3, 0.4) is 0 Å². The number of aliphatic hydroxyl groups excluding tert-OH is 1. The van der Waals surface area contributed by atoms with Crippen LogP contribution >= 0.6 is 0 Å². The summed E-state index contributed by atoms with van der Waals surface area (Å²) in [5.41, 5.74) is 2.41. The van der Waals surface area contributed by atoms with Crippen LogP contribution in [0, 0.1) is 17.8 Å². The minimum atomic E-state index is -2.32. The summed E-state index contributed by atoms with van der Waals surface area (Å²) < 4.78 is 33.6. The molecule has 0 aromatic carbocycles. The molecule has 294 valence electrons. The van der Waals surface area contributed by atoms with E-state index in [4.69, 9.17) is 28.2 Å². The van der Waals surface area contributed by atoms with E-state index >= 15 is 0 Å². The van der Waals surface area contributed by atoms with E-state index in [1.54, 1.807) is 0 Å². The van der Waals surface area contributed by atoms with Crippen molar-refractivity contribution >= 4 is 22.6 Å². The zero-order valence-electron chi connectivity index (χ0n) is 34.3. The normalized spacial score (nSPS) is 27.8. The fourth-order valence-corrected chi connectivity index (χ4v) is 9.21. The average Bonchev–Trinajstić information content (AvgIpc) is 3.37. The minimum absolute atomic E-state index is 0.0213. The van der Waals surface area contributed by atoms with Gasteiger partial charge in [0.15, 0.2) is 16.6 Å². The molecule has 0 spiro atoms. The molecule has 0 aromatic rings. The Balaban J connectivity index is 1.84. The summed E-state index contributed by atoms with van der Waals surface area (Å²) in [6.45, 7) is 32.2. The van der Waals surface area contributed by atoms with E-state index in [2.05, 4.69) is 112 Å². The molecule has 0 radical (unpaired) electrons. The second kappa shape index (κ2) is 18.7. The van der Waals surface area contributed by atoms with Crippen molar-refractivity contribution in [2.24, 2.45) is 5.92 Å². The molecule has 3 aliphatic rings. The van der Waals surface area contributed by atoms with Crippen LogP contribution in [-0.4, -0.2) is 88.3 Å². The SMILES string of the molecule is C=C(C[C@H](C)C[C@@H]1CC=C[C@@H](CC#CC(=O)O)O1)C[C@H](O[Si](C)(C)C(C)(C)C)[C@H](O[Si](C)(C)C(C)(C)C)[C@H]1C[C@H](O)[C@H](/C=C/[C@@H]2CC(C)=CCO2)O1. The second-order valence-electron chi connectivity index (χ2n) is 18.5. The van der Waals surface area contributed by atoms with Gasteiger partial charge >= 0.3 is 5.97 Å². The Bertz CT molecular complexity index is 1360. The van der Waals surface area contributed by atoms with Gasteiger partial charge < -0.3 is 33.3 Å². The van der Waals surface area contributed by atoms with Crippen LogP contribution in [0.25, 0.3) is 0 Å². The van der Waals surface area contributed by atoms with Crippen molar-refractivity contribution in [3.05, 3.63) is 48.1 Å². The summed E-state index contributed by atoms with van der Waals surface area (Å²) in [4.78, 5) is 10.8. The summed E-state index contributed by atoms with van der Waals surface area (Å²) in [5, 5.41) is 20.2. The molecule has 52 heavy (non-hydrogen) atoms. The molecule has 0 unspecified atom stereocenters. The Hall–Kier alpha value is -1.82. The highest BCUT2D eigenvalue weighted by Crippen LogP contribution is 2.43. The van der Waals surface area contributed by atoms with E-state index < -0.39 is 34.8 Å². The molecule has 10 heteroatoms. The molecule has 2 N–H and O–H groups in total. The summed E-state index contributed by atoms with van der Waals surface area (Å²) in [6.07, 6.45) is 12.7.